The number of hydrogen-bond acceptors (Lipinski definition) is 2. The fraction of sp³-hybridized carbons (Fsp3) is 1.00. The Labute approximate surface area is 68.9 Å². The molecular formula is C9H18O2. The lowest BCUT2D eigenvalue weighted by Crippen LogP contribution is -2.28. The largest absolute Gasteiger partial charge is 0.379 e. The van der Waals surface area contributed by atoms with Gasteiger partial charge in [0.1, 0.15) is 0 Å². The molecule has 2 unspecified atom stereocenters. The molecule has 1 rings (SSSR count). The van der Waals surface area contributed by atoms with E-state index in [1.807, 2.05) is 6.92 Å². The van der Waals surface area contributed by atoms with Crippen LogP contribution in [0.15, 0.2) is 0 Å². The zero-order valence-corrected chi connectivity index (χ0v) is 7.51. The summed E-state index contributed by atoms with van der Waals surface area (Å²) in [4.78, 5) is 0. The van der Waals surface area contributed by atoms with Gasteiger partial charge in [0.05, 0.1) is 12.7 Å². The van der Waals surface area contributed by atoms with Crippen LogP contribution in [0.4, 0.5) is 0 Å². The molecule has 1 heterocycles. The van der Waals surface area contributed by atoms with E-state index >= 15 is 0 Å². The summed E-state index contributed by atoms with van der Waals surface area (Å²) in [5.74, 6) is 0.743. The lowest BCUT2D eigenvalue weighted by molar-refractivity contribution is -0.0557. The highest BCUT2D eigenvalue weighted by molar-refractivity contribution is 4.66. The van der Waals surface area contributed by atoms with Gasteiger partial charge in [-0.2, -0.15) is 0 Å². The second-order valence-electron chi connectivity index (χ2n) is 3.30. The van der Waals surface area contributed by atoms with Crippen molar-refractivity contribution in [3.05, 3.63) is 0 Å². The summed E-state index contributed by atoms with van der Waals surface area (Å²) >= 11 is 0. The molecule has 0 saturated carbocycles. The zero-order chi connectivity index (χ0) is 8.10. The van der Waals surface area contributed by atoms with E-state index in [1.54, 1.807) is 0 Å². The molecule has 1 saturated heterocycles. The van der Waals surface area contributed by atoms with Crippen molar-refractivity contribution >= 4 is 0 Å². The third kappa shape index (κ3) is 3.21. The van der Waals surface area contributed by atoms with E-state index in [1.165, 1.54) is 12.8 Å². The van der Waals surface area contributed by atoms with Gasteiger partial charge in [-0.1, -0.05) is 6.92 Å². The van der Waals surface area contributed by atoms with Gasteiger partial charge in [-0.25, -0.2) is 0 Å². The van der Waals surface area contributed by atoms with Gasteiger partial charge >= 0.3 is 0 Å². The smallest absolute Gasteiger partial charge is 0.0808 e. The summed E-state index contributed by atoms with van der Waals surface area (Å²) in [6, 6.07) is 0. The van der Waals surface area contributed by atoms with Crippen molar-refractivity contribution in [1.29, 1.82) is 0 Å². The summed E-state index contributed by atoms with van der Waals surface area (Å²) in [5, 5.41) is 0. The molecule has 0 aliphatic carbocycles. The average molecular weight is 158 g/mol. The highest BCUT2D eigenvalue weighted by Gasteiger charge is 2.17. The Balaban J connectivity index is 2.07. The topological polar surface area (TPSA) is 18.5 Å². The first kappa shape index (κ1) is 9.01. The summed E-state index contributed by atoms with van der Waals surface area (Å²) in [7, 11) is 0. The summed E-state index contributed by atoms with van der Waals surface area (Å²) < 4.78 is 10.9. The second-order valence-corrected chi connectivity index (χ2v) is 3.30. The fourth-order valence-corrected chi connectivity index (χ4v) is 1.32. The van der Waals surface area contributed by atoms with E-state index in [0.717, 1.165) is 25.7 Å². The Kier molecular flexibility index (Phi) is 3.87. The highest BCUT2D eigenvalue weighted by Crippen LogP contribution is 2.17. The third-order valence-electron chi connectivity index (χ3n) is 2.11. The molecular weight excluding hydrogens is 140 g/mol. The maximum Gasteiger partial charge on any atom is 0.0808 e. The fourth-order valence-electron chi connectivity index (χ4n) is 1.32. The molecule has 0 aromatic heterocycles. The van der Waals surface area contributed by atoms with Gasteiger partial charge in [0.25, 0.3) is 0 Å². The summed E-state index contributed by atoms with van der Waals surface area (Å²) in [5.41, 5.74) is 0. The molecule has 1 aliphatic heterocycles. The Morgan fingerprint density at radius 1 is 1.45 bits per heavy atom. The van der Waals surface area contributed by atoms with Crippen LogP contribution in [-0.2, 0) is 9.47 Å². The standard InChI is InChI=1S/C9H18O2/c1-3-10-7-9-5-4-8(2)6-11-9/h8-9H,3-7H2,1-2H3. The van der Waals surface area contributed by atoms with E-state index in [9.17, 15) is 0 Å². The Bertz CT molecular complexity index is 93.0. The van der Waals surface area contributed by atoms with Crippen molar-refractivity contribution in [1.82, 2.24) is 0 Å². The van der Waals surface area contributed by atoms with E-state index in [-0.39, 0.29) is 0 Å². The van der Waals surface area contributed by atoms with Crippen molar-refractivity contribution in [2.45, 2.75) is 32.8 Å². The van der Waals surface area contributed by atoms with Crippen LogP contribution in [0.2, 0.25) is 0 Å². The van der Waals surface area contributed by atoms with Crippen LogP contribution in [0.25, 0.3) is 0 Å². The average Bonchev–Trinajstić information content (AvgIpc) is 2.04. The lowest BCUT2D eigenvalue weighted by atomic mass is 10.0. The first-order chi connectivity index (χ1) is 5.33. The van der Waals surface area contributed by atoms with Gasteiger partial charge in [-0.3, -0.25) is 0 Å². The molecule has 0 bridgehead atoms. The van der Waals surface area contributed by atoms with E-state index in [4.69, 9.17) is 9.47 Å². The summed E-state index contributed by atoms with van der Waals surface area (Å²) in [6.07, 6.45) is 2.82. The molecule has 2 heteroatoms. The molecule has 66 valence electrons. The minimum atomic E-state index is 0.367. The molecule has 2 nitrogen and oxygen atoms in total. The van der Waals surface area contributed by atoms with Crippen molar-refractivity contribution in [2.75, 3.05) is 19.8 Å². The molecule has 11 heavy (non-hydrogen) atoms. The molecule has 0 radical (unpaired) electrons. The van der Waals surface area contributed by atoms with Crippen LogP contribution < -0.4 is 0 Å². The first-order valence-corrected chi connectivity index (χ1v) is 4.52. The van der Waals surface area contributed by atoms with Crippen LogP contribution in [0, 0.1) is 5.92 Å². The first-order valence-electron chi connectivity index (χ1n) is 4.52. The molecule has 0 amide bonds. The third-order valence-corrected chi connectivity index (χ3v) is 2.11. The highest BCUT2D eigenvalue weighted by atomic mass is 16.5. The minimum Gasteiger partial charge on any atom is -0.379 e. The Morgan fingerprint density at radius 3 is 2.82 bits per heavy atom. The van der Waals surface area contributed by atoms with Gasteiger partial charge in [0, 0.05) is 13.2 Å². The van der Waals surface area contributed by atoms with Gasteiger partial charge in [0.2, 0.25) is 0 Å². The van der Waals surface area contributed by atoms with Gasteiger partial charge in [0.15, 0.2) is 0 Å². The van der Waals surface area contributed by atoms with Crippen LogP contribution in [0.1, 0.15) is 26.7 Å². The summed E-state index contributed by atoms with van der Waals surface area (Å²) in [6.45, 7) is 6.75. The lowest BCUT2D eigenvalue weighted by Gasteiger charge is -2.26. The molecule has 1 fully saturated rings. The van der Waals surface area contributed by atoms with E-state index in [2.05, 4.69) is 6.92 Å². The number of ether oxygens (including phenoxy) is 2. The van der Waals surface area contributed by atoms with Gasteiger partial charge in [-0.05, 0) is 25.7 Å². The predicted octanol–water partition coefficient (Wildman–Crippen LogP) is 1.84. The quantitative estimate of drug-likeness (QED) is 0.624. The maximum atomic E-state index is 5.57. The molecule has 0 N–H and O–H groups in total. The number of hydrogen-bond donors (Lipinski definition) is 0. The predicted molar refractivity (Wildman–Crippen MR) is 44.6 cm³/mol. The van der Waals surface area contributed by atoms with Crippen molar-refractivity contribution in [3.63, 3.8) is 0 Å². The van der Waals surface area contributed by atoms with Crippen molar-refractivity contribution in [2.24, 2.45) is 5.92 Å². The minimum absolute atomic E-state index is 0.367. The van der Waals surface area contributed by atoms with E-state index in [0.29, 0.717) is 6.10 Å². The van der Waals surface area contributed by atoms with Crippen LogP contribution in [0.5, 0.6) is 0 Å². The van der Waals surface area contributed by atoms with Gasteiger partial charge < -0.3 is 9.47 Å². The van der Waals surface area contributed by atoms with Crippen LogP contribution in [0.3, 0.4) is 0 Å². The maximum absolute atomic E-state index is 5.57. The monoisotopic (exact) mass is 158 g/mol. The van der Waals surface area contributed by atoms with Crippen molar-refractivity contribution < 1.29 is 9.47 Å². The van der Waals surface area contributed by atoms with Crippen molar-refractivity contribution in [3.8, 4) is 0 Å². The molecule has 2 atom stereocenters. The molecule has 0 aromatic rings. The van der Waals surface area contributed by atoms with Gasteiger partial charge in [-0.15, -0.1) is 0 Å². The van der Waals surface area contributed by atoms with E-state index < -0.39 is 0 Å². The SMILES string of the molecule is CCOCC1CCC(C)CO1. The zero-order valence-electron chi connectivity index (χ0n) is 7.51. The van der Waals surface area contributed by atoms with Crippen LogP contribution in [-0.4, -0.2) is 25.9 Å². The Morgan fingerprint density at radius 2 is 2.27 bits per heavy atom. The number of rotatable bonds is 3. The second kappa shape index (κ2) is 4.73. The Hall–Kier alpha value is -0.0800. The molecule has 0 spiro atoms. The molecule has 1 aliphatic rings. The molecule has 0 aromatic carbocycles. The normalized spacial score (nSPS) is 32.2. The van der Waals surface area contributed by atoms with Crippen LogP contribution >= 0.6 is 0 Å².